The molecule has 1 amide bonds. The number of piperidine rings is 1. The van der Waals surface area contributed by atoms with Gasteiger partial charge in [0, 0.05) is 13.1 Å². The van der Waals surface area contributed by atoms with Crippen molar-refractivity contribution in [1.82, 2.24) is 15.1 Å². The van der Waals surface area contributed by atoms with Crippen molar-refractivity contribution in [3.63, 3.8) is 0 Å². The lowest BCUT2D eigenvalue weighted by atomic mass is 10.0. The summed E-state index contributed by atoms with van der Waals surface area (Å²) >= 11 is 0. The molecule has 1 unspecified atom stereocenters. The summed E-state index contributed by atoms with van der Waals surface area (Å²) in [4.78, 5) is 17.5. The first-order valence-electron chi connectivity index (χ1n) is 10.00. The number of carbonyl (C=O) groups is 1. The quantitative estimate of drug-likeness (QED) is 0.745. The maximum absolute atomic E-state index is 12.7. The molecule has 1 N–H and O–H groups in total. The fourth-order valence-electron chi connectivity index (χ4n) is 3.72. The molecular weight excluding hydrogens is 310 g/mol. The van der Waals surface area contributed by atoms with Crippen LogP contribution in [0.25, 0.3) is 0 Å². The summed E-state index contributed by atoms with van der Waals surface area (Å²) in [6.45, 7) is 12.3. The second-order valence-electron chi connectivity index (χ2n) is 7.00. The molecule has 1 atom stereocenters. The van der Waals surface area contributed by atoms with Gasteiger partial charge < -0.3 is 5.32 Å². The van der Waals surface area contributed by atoms with Gasteiger partial charge in [0.1, 0.15) is 0 Å². The summed E-state index contributed by atoms with van der Waals surface area (Å²) in [5.74, 6) is 0.200. The van der Waals surface area contributed by atoms with Crippen LogP contribution in [0.3, 0.4) is 0 Å². The van der Waals surface area contributed by atoms with Gasteiger partial charge in [0.2, 0.25) is 5.91 Å². The molecular formula is C21H35N3O. The average molecular weight is 346 g/mol. The van der Waals surface area contributed by atoms with Gasteiger partial charge in [-0.2, -0.15) is 0 Å². The van der Waals surface area contributed by atoms with Crippen LogP contribution in [-0.4, -0.2) is 47.9 Å². The van der Waals surface area contributed by atoms with Crippen molar-refractivity contribution in [2.75, 3.05) is 26.2 Å². The number of rotatable bonds is 9. The summed E-state index contributed by atoms with van der Waals surface area (Å²) in [7, 11) is 0. The number of carbonyl (C=O) groups excluding carboxylic acids is 1. The van der Waals surface area contributed by atoms with E-state index >= 15 is 0 Å². The predicted octanol–water partition coefficient (Wildman–Crippen LogP) is 3.41. The van der Waals surface area contributed by atoms with Crippen LogP contribution in [0.4, 0.5) is 0 Å². The first-order chi connectivity index (χ1) is 12.2. The minimum atomic E-state index is 0.0589. The van der Waals surface area contributed by atoms with Crippen molar-refractivity contribution >= 4 is 5.91 Å². The molecule has 1 aliphatic rings. The molecule has 0 aliphatic carbocycles. The van der Waals surface area contributed by atoms with Crippen molar-refractivity contribution in [1.29, 1.82) is 0 Å². The summed E-state index contributed by atoms with van der Waals surface area (Å²) < 4.78 is 0. The topological polar surface area (TPSA) is 35.6 Å². The minimum absolute atomic E-state index is 0.0589. The van der Waals surface area contributed by atoms with Crippen LogP contribution >= 0.6 is 0 Å². The summed E-state index contributed by atoms with van der Waals surface area (Å²) in [6, 6.07) is 8.54. The Kier molecular flexibility index (Phi) is 8.42. The normalized spacial score (nSPS) is 18.5. The third kappa shape index (κ3) is 5.82. The lowest BCUT2D eigenvalue weighted by molar-refractivity contribution is -0.127. The highest BCUT2D eigenvalue weighted by Gasteiger charge is 2.27. The Hall–Kier alpha value is -1.39. The number of nitrogens with zero attached hydrogens (tertiary/aromatic N) is 2. The largest absolute Gasteiger partial charge is 0.351 e. The highest BCUT2D eigenvalue weighted by Crippen LogP contribution is 2.18. The fourth-order valence-corrected chi connectivity index (χ4v) is 3.72. The smallest absolute Gasteiger partial charge is 0.237 e. The maximum atomic E-state index is 12.7. The Morgan fingerprint density at radius 3 is 2.56 bits per heavy atom. The molecule has 1 saturated heterocycles. The van der Waals surface area contributed by atoms with E-state index in [4.69, 9.17) is 0 Å². The van der Waals surface area contributed by atoms with Gasteiger partial charge in [0.05, 0.1) is 6.04 Å². The second kappa shape index (κ2) is 10.6. The van der Waals surface area contributed by atoms with Crippen molar-refractivity contribution in [3.8, 4) is 0 Å². The third-order valence-electron chi connectivity index (χ3n) is 5.29. The number of benzene rings is 1. The van der Waals surface area contributed by atoms with Crippen LogP contribution in [0.2, 0.25) is 0 Å². The zero-order valence-electron chi connectivity index (χ0n) is 16.3. The van der Waals surface area contributed by atoms with Crippen LogP contribution < -0.4 is 5.32 Å². The molecule has 1 aromatic rings. The number of hydrogen-bond donors (Lipinski definition) is 1. The van der Waals surface area contributed by atoms with E-state index < -0.39 is 0 Å². The molecule has 2 rings (SSSR count). The zero-order valence-corrected chi connectivity index (χ0v) is 16.3. The van der Waals surface area contributed by atoms with Gasteiger partial charge in [-0.25, -0.2) is 0 Å². The monoisotopic (exact) mass is 345 g/mol. The van der Waals surface area contributed by atoms with Gasteiger partial charge in [0.15, 0.2) is 0 Å². The molecule has 25 heavy (non-hydrogen) atoms. The molecule has 4 heteroatoms. The molecule has 1 aliphatic heterocycles. The van der Waals surface area contributed by atoms with Crippen LogP contribution in [-0.2, 0) is 17.9 Å². The molecule has 1 fully saturated rings. The van der Waals surface area contributed by atoms with E-state index in [0.717, 1.165) is 52.0 Å². The Labute approximate surface area is 153 Å². The highest BCUT2D eigenvalue weighted by atomic mass is 16.2. The molecule has 1 aromatic carbocycles. The minimum Gasteiger partial charge on any atom is -0.351 e. The van der Waals surface area contributed by atoms with E-state index in [9.17, 15) is 4.79 Å². The van der Waals surface area contributed by atoms with Gasteiger partial charge >= 0.3 is 0 Å². The van der Waals surface area contributed by atoms with Gasteiger partial charge in [-0.1, -0.05) is 51.5 Å². The molecule has 140 valence electrons. The van der Waals surface area contributed by atoms with Gasteiger partial charge in [-0.05, 0) is 56.6 Å². The number of hydrogen-bond acceptors (Lipinski definition) is 3. The molecule has 0 bridgehead atoms. The van der Waals surface area contributed by atoms with Gasteiger partial charge in [-0.3, -0.25) is 14.6 Å². The summed E-state index contributed by atoms with van der Waals surface area (Å²) in [5, 5.41) is 3.21. The molecule has 1 heterocycles. The lowest BCUT2D eigenvalue weighted by Gasteiger charge is -2.34. The van der Waals surface area contributed by atoms with Crippen molar-refractivity contribution in [2.45, 2.75) is 65.6 Å². The van der Waals surface area contributed by atoms with Crippen molar-refractivity contribution in [2.24, 2.45) is 0 Å². The Bertz CT molecular complexity index is 526. The fraction of sp³-hybridized carbons (Fsp3) is 0.667. The van der Waals surface area contributed by atoms with Crippen molar-refractivity contribution in [3.05, 3.63) is 35.4 Å². The number of amides is 1. The van der Waals surface area contributed by atoms with Crippen LogP contribution in [0.1, 0.15) is 57.6 Å². The summed E-state index contributed by atoms with van der Waals surface area (Å²) in [5.41, 5.74) is 2.56. The van der Waals surface area contributed by atoms with E-state index in [1.54, 1.807) is 0 Å². The molecule has 0 radical (unpaired) electrons. The number of likely N-dealkylation sites (tertiary alicyclic amines) is 1. The lowest BCUT2D eigenvalue weighted by Crippen LogP contribution is -2.49. The predicted molar refractivity (Wildman–Crippen MR) is 104 cm³/mol. The standard InChI is InChI=1S/C21H35N3O/c1-4-14-24-15-10-9-13-20(24)21(25)22-16-18-11-7-8-12-19(18)17-23(5-2)6-3/h7-8,11-12,20H,4-6,9-10,13-17H2,1-3H3,(H,22,25). The second-order valence-corrected chi connectivity index (χ2v) is 7.00. The highest BCUT2D eigenvalue weighted by molar-refractivity contribution is 5.81. The van der Waals surface area contributed by atoms with E-state index in [1.807, 2.05) is 0 Å². The van der Waals surface area contributed by atoms with Crippen LogP contribution in [0, 0.1) is 0 Å². The molecule has 0 aromatic heterocycles. The molecule has 0 spiro atoms. The van der Waals surface area contributed by atoms with E-state index in [2.05, 4.69) is 60.2 Å². The van der Waals surface area contributed by atoms with Crippen LogP contribution in [0.15, 0.2) is 24.3 Å². The van der Waals surface area contributed by atoms with E-state index in [1.165, 1.54) is 17.5 Å². The average Bonchev–Trinajstić information content (AvgIpc) is 2.65. The Morgan fingerprint density at radius 1 is 1.16 bits per heavy atom. The molecule has 4 nitrogen and oxygen atoms in total. The van der Waals surface area contributed by atoms with E-state index in [0.29, 0.717) is 6.54 Å². The SMILES string of the molecule is CCCN1CCCCC1C(=O)NCc1ccccc1CN(CC)CC. The zero-order chi connectivity index (χ0) is 18.1. The Morgan fingerprint density at radius 2 is 1.88 bits per heavy atom. The van der Waals surface area contributed by atoms with Crippen molar-refractivity contribution < 1.29 is 4.79 Å². The van der Waals surface area contributed by atoms with E-state index in [-0.39, 0.29) is 11.9 Å². The molecule has 0 saturated carbocycles. The first kappa shape index (κ1) is 19.9. The third-order valence-corrected chi connectivity index (χ3v) is 5.29. The maximum Gasteiger partial charge on any atom is 0.237 e. The van der Waals surface area contributed by atoms with Crippen LogP contribution in [0.5, 0.6) is 0 Å². The first-order valence-corrected chi connectivity index (χ1v) is 10.00. The van der Waals surface area contributed by atoms with Gasteiger partial charge in [-0.15, -0.1) is 0 Å². The Balaban J connectivity index is 1.97. The van der Waals surface area contributed by atoms with Gasteiger partial charge in [0.25, 0.3) is 0 Å². The number of nitrogens with one attached hydrogen (secondary N) is 1. The summed E-state index contributed by atoms with van der Waals surface area (Å²) in [6.07, 6.45) is 4.48.